The van der Waals surface area contributed by atoms with Gasteiger partial charge in [0.1, 0.15) is 0 Å². The molecular formula is C20H13N3O2. The van der Waals surface area contributed by atoms with Gasteiger partial charge in [-0.25, -0.2) is 9.97 Å². The van der Waals surface area contributed by atoms with E-state index in [-0.39, 0.29) is 5.69 Å². The molecule has 1 heterocycles. The predicted octanol–water partition coefficient (Wildman–Crippen LogP) is 4.87. The third kappa shape index (κ3) is 2.83. The third-order valence-electron chi connectivity index (χ3n) is 3.99. The highest BCUT2D eigenvalue weighted by Crippen LogP contribution is 2.29. The predicted molar refractivity (Wildman–Crippen MR) is 97.1 cm³/mol. The van der Waals surface area contributed by atoms with Crippen LogP contribution in [0.15, 0.2) is 78.9 Å². The van der Waals surface area contributed by atoms with Crippen molar-refractivity contribution in [2.75, 3.05) is 0 Å². The van der Waals surface area contributed by atoms with E-state index in [1.807, 2.05) is 54.6 Å². The monoisotopic (exact) mass is 327 g/mol. The molecule has 4 aromatic rings. The first-order valence-electron chi connectivity index (χ1n) is 7.79. The molecule has 0 amide bonds. The number of fused-ring (bicyclic) bond motifs is 1. The van der Waals surface area contributed by atoms with Crippen molar-refractivity contribution in [3.8, 4) is 22.6 Å². The van der Waals surface area contributed by atoms with Crippen LogP contribution < -0.4 is 0 Å². The number of nitro groups is 1. The smallest absolute Gasteiger partial charge is 0.258 e. The quantitative estimate of drug-likeness (QED) is 0.397. The topological polar surface area (TPSA) is 68.9 Å². The molecule has 0 aliphatic rings. The van der Waals surface area contributed by atoms with Crippen molar-refractivity contribution >= 4 is 16.6 Å². The fourth-order valence-corrected chi connectivity index (χ4v) is 2.75. The van der Waals surface area contributed by atoms with Crippen molar-refractivity contribution in [2.24, 2.45) is 0 Å². The van der Waals surface area contributed by atoms with Crippen LogP contribution in [0.5, 0.6) is 0 Å². The summed E-state index contributed by atoms with van der Waals surface area (Å²) in [7, 11) is 0. The molecule has 5 heteroatoms. The van der Waals surface area contributed by atoms with Crippen molar-refractivity contribution in [2.45, 2.75) is 0 Å². The fraction of sp³-hybridized carbons (Fsp3) is 0. The molecule has 0 radical (unpaired) electrons. The SMILES string of the molecule is O=[N+]([O-])c1ccc(-c2nc(-c3ccccc3)nc3ccccc23)cc1. The van der Waals surface area contributed by atoms with E-state index in [4.69, 9.17) is 4.98 Å². The number of nitro benzene ring substituents is 1. The van der Waals surface area contributed by atoms with E-state index >= 15 is 0 Å². The molecule has 0 unspecified atom stereocenters. The maximum Gasteiger partial charge on any atom is 0.269 e. The third-order valence-corrected chi connectivity index (χ3v) is 3.99. The van der Waals surface area contributed by atoms with Crippen LogP contribution in [-0.4, -0.2) is 14.9 Å². The van der Waals surface area contributed by atoms with E-state index in [0.29, 0.717) is 5.82 Å². The molecule has 0 saturated heterocycles. The van der Waals surface area contributed by atoms with E-state index in [0.717, 1.165) is 27.7 Å². The summed E-state index contributed by atoms with van der Waals surface area (Å²) in [6, 6.07) is 24.0. The van der Waals surface area contributed by atoms with E-state index < -0.39 is 4.92 Å². The van der Waals surface area contributed by atoms with E-state index in [1.54, 1.807) is 12.1 Å². The second kappa shape index (κ2) is 6.13. The Bertz CT molecular complexity index is 1060. The highest BCUT2D eigenvalue weighted by Gasteiger charge is 2.12. The Morgan fingerprint density at radius 1 is 0.720 bits per heavy atom. The number of non-ortho nitro benzene ring substituents is 1. The summed E-state index contributed by atoms with van der Waals surface area (Å²) < 4.78 is 0. The molecule has 0 atom stereocenters. The van der Waals surface area contributed by atoms with Gasteiger partial charge in [0.25, 0.3) is 5.69 Å². The second-order valence-corrected chi connectivity index (χ2v) is 5.58. The van der Waals surface area contributed by atoms with Crippen LogP contribution in [0.1, 0.15) is 0 Å². The van der Waals surface area contributed by atoms with Gasteiger partial charge >= 0.3 is 0 Å². The van der Waals surface area contributed by atoms with Gasteiger partial charge in [-0.2, -0.15) is 0 Å². The minimum absolute atomic E-state index is 0.0606. The molecule has 120 valence electrons. The molecule has 0 fully saturated rings. The first-order chi connectivity index (χ1) is 12.2. The summed E-state index contributed by atoms with van der Waals surface area (Å²) in [5, 5.41) is 11.8. The number of rotatable bonds is 3. The van der Waals surface area contributed by atoms with E-state index in [9.17, 15) is 10.1 Å². The molecular weight excluding hydrogens is 314 g/mol. The number of nitrogens with zero attached hydrogens (tertiary/aromatic N) is 3. The van der Waals surface area contributed by atoms with Gasteiger partial charge in [-0.15, -0.1) is 0 Å². The van der Waals surface area contributed by atoms with Crippen LogP contribution in [0.25, 0.3) is 33.5 Å². The average Bonchev–Trinajstić information content (AvgIpc) is 2.68. The van der Waals surface area contributed by atoms with Gasteiger partial charge in [0, 0.05) is 28.6 Å². The summed E-state index contributed by atoms with van der Waals surface area (Å²) in [4.78, 5) is 19.9. The molecule has 0 saturated carbocycles. The Hall–Kier alpha value is -3.60. The minimum atomic E-state index is -0.405. The van der Waals surface area contributed by atoms with Crippen LogP contribution in [0.2, 0.25) is 0 Å². The van der Waals surface area contributed by atoms with Crippen molar-refractivity contribution in [3.63, 3.8) is 0 Å². The lowest BCUT2D eigenvalue weighted by Crippen LogP contribution is -1.95. The van der Waals surface area contributed by atoms with Crippen molar-refractivity contribution in [1.82, 2.24) is 9.97 Å². The first-order valence-corrected chi connectivity index (χ1v) is 7.79. The number of hydrogen-bond donors (Lipinski definition) is 0. The second-order valence-electron chi connectivity index (χ2n) is 5.58. The Kier molecular flexibility index (Phi) is 3.67. The number of hydrogen-bond acceptors (Lipinski definition) is 4. The molecule has 0 bridgehead atoms. The molecule has 5 nitrogen and oxygen atoms in total. The van der Waals surface area contributed by atoms with Crippen LogP contribution in [-0.2, 0) is 0 Å². The van der Waals surface area contributed by atoms with Gasteiger partial charge in [-0.3, -0.25) is 10.1 Å². The van der Waals surface area contributed by atoms with Crippen molar-refractivity contribution in [1.29, 1.82) is 0 Å². The van der Waals surface area contributed by atoms with Crippen molar-refractivity contribution in [3.05, 3.63) is 89.0 Å². The van der Waals surface area contributed by atoms with Crippen LogP contribution in [0.4, 0.5) is 5.69 Å². The summed E-state index contributed by atoms with van der Waals surface area (Å²) >= 11 is 0. The largest absolute Gasteiger partial charge is 0.269 e. The lowest BCUT2D eigenvalue weighted by atomic mass is 10.1. The molecule has 25 heavy (non-hydrogen) atoms. The number of aromatic nitrogens is 2. The van der Waals surface area contributed by atoms with Gasteiger partial charge < -0.3 is 0 Å². The average molecular weight is 327 g/mol. The highest BCUT2D eigenvalue weighted by molar-refractivity contribution is 5.93. The van der Waals surface area contributed by atoms with E-state index in [2.05, 4.69) is 4.98 Å². The summed E-state index contributed by atoms with van der Waals surface area (Å²) in [5.74, 6) is 0.632. The Morgan fingerprint density at radius 2 is 1.40 bits per heavy atom. The normalized spacial score (nSPS) is 10.7. The summed E-state index contributed by atoms with van der Waals surface area (Å²) in [6.45, 7) is 0. The van der Waals surface area contributed by atoms with Gasteiger partial charge in [0.05, 0.1) is 16.1 Å². The lowest BCUT2D eigenvalue weighted by Gasteiger charge is -2.09. The summed E-state index contributed by atoms with van der Waals surface area (Å²) in [6.07, 6.45) is 0. The maximum absolute atomic E-state index is 10.9. The molecule has 0 spiro atoms. The van der Waals surface area contributed by atoms with Crippen molar-refractivity contribution < 1.29 is 4.92 Å². The molecule has 0 N–H and O–H groups in total. The van der Waals surface area contributed by atoms with Gasteiger partial charge in [-0.05, 0) is 18.2 Å². The zero-order chi connectivity index (χ0) is 17.2. The lowest BCUT2D eigenvalue weighted by molar-refractivity contribution is -0.384. The van der Waals surface area contributed by atoms with Gasteiger partial charge in [0.15, 0.2) is 5.82 Å². The molecule has 0 aliphatic heterocycles. The minimum Gasteiger partial charge on any atom is -0.258 e. The van der Waals surface area contributed by atoms with Crippen LogP contribution in [0.3, 0.4) is 0 Å². The molecule has 1 aromatic heterocycles. The van der Waals surface area contributed by atoms with Gasteiger partial charge in [-0.1, -0.05) is 48.5 Å². The zero-order valence-corrected chi connectivity index (χ0v) is 13.2. The summed E-state index contributed by atoms with van der Waals surface area (Å²) in [5.41, 5.74) is 3.41. The number of para-hydroxylation sites is 1. The van der Waals surface area contributed by atoms with Crippen LogP contribution >= 0.6 is 0 Å². The van der Waals surface area contributed by atoms with Gasteiger partial charge in [0.2, 0.25) is 0 Å². The first kappa shape index (κ1) is 15.0. The molecule has 3 aromatic carbocycles. The van der Waals surface area contributed by atoms with Crippen LogP contribution in [0, 0.1) is 10.1 Å². The Balaban J connectivity index is 1.94. The molecule has 4 rings (SSSR count). The highest BCUT2D eigenvalue weighted by atomic mass is 16.6. The molecule has 0 aliphatic carbocycles. The Morgan fingerprint density at radius 3 is 2.12 bits per heavy atom. The Labute approximate surface area is 143 Å². The number of benzene rings is 3. The standard InChI is InChI=1S/C20H13N3O2/c24-23(25)16-12-10-14(11-13-16)19-17-8-4-5-9-18(17)21-20(22-19)15-6-2-1-3-7-15/h1-13H. The maximum atomic E-state index is 10.9. The fourth-order valence-electron chi connectivity index (χ4n) is 2.75. The van der Waals surface area contributed by atoms with E-state index in [1.165, 1.54) is 12.1 Å². The zero-order valence-electron chi connectivity index (χ0n) is 13.2.